The summed E-state index contributed by atoms with van der Waals surface area (Å²) in [5, 5.41) is 0. The molecule has 0 fully saturated rings. The molecule has 1 aromatic rings. The number of carbonyl (C=O) groups is 1. The second kappa shape index (κ2) is 4.84. The average Bonchev–Trinajstić information content (AvgIpc) is 2.27. The molecule has 1 aromatic heterocycles. The van der Waals surface area contributed by atoms with E-state index < -0.39 is 23.8 Å². The fourth-order valence-electron chi connectivity index (χ4n) is 1.19. The number of anilines is 1. The van der Waals surface area contributed by atoms with Crippen LogP contribution in [-0.4, -0.2) is 18.1 Å². The minimum atomic E-state index is -2.76. The Morgan fingerprint density at radius 3 is 2.69 bits per heavy atom. The van der Waals surface area contributed by atoms with Gasteiger partial charge < -0.3 is 16.2 Å². The van der Waals surface area contributed by atoms with Crippen LogP contribution in [0.15, 0.2) is 6.07 Å². The molecule has 0 bridgehead atoms. The number of methoxy groups -OCH3 is 1. The molecule has 0 saturated heterocycles. The van der Waals surface area contributed by atoms with Crippen molar-refractivity contribution in [3.8, 4) is 0 Å². The third kappa shape index (κ3) is 2.25. The van der Waals surface area contributed by atoms with Crippen molar-refractivity contribution in [3.63, 3.8) is 0 Å². The number of nitrogen functional groups attached to an aromatic ring is 1. The number of hydrogen-bond donors (Lipinski definition) is 2. The number of aromatic nitrogens is 1. The first-order valence-electron chi connectivity index (χ1n) is 4.37. The molecule has 16 heavy (non-hydrogen) atoms. The number of esters is 1. The third-order valence-electron chi connectivity index (χ3n) is 2.00. The van der Waals surface area contributed by atoms with E-state index in [9.17, 15) is 13.6 Å². The Morgan fingerprint density at radius 1 is 1.62 bits per heavy atom. The monoisotopic (exact) mass is 231 g/mol. The topological polar surface area (TPSA) is 91.2 Å². The number of nitrogens with two attached hydrogens (primary N) is 2. The Morgan fingerprint density at radius 2 is 2.25 bits per heavy atom. The lowest BCUT2D eigenvalue weighted by atomic mass is 10.1. The first-order valence-corrected chi connectivity index (χ1v) is 4.37. The maximum atomic E-state index is 12.5. The summed E-state index contributed by atoms with van der Waals surface area (Å²) in [6, 6.07) is 1.07. The van der Waals surface area contributed by atoms with Crippen LogP contribution < -0.4 is 11.5 Å². The van der Waals surface area contributed by atoms with E-state index in [0.29, 0.717) is 0 Å². The summed E-state index contributed by atoms with van der Waals surface area (Å²) in [5.74, 6) is -1.15. The Labute approximate surface area is 90.4 Å². The zero-order chi connectivity index (χ0) is 12.3. The van der Waals surface area contributed by atoms with Gasteiger partial charge in [0.15, 0.2) is 5.69 Å². The molecule has 88 valence electrons. The molecule has 0 aliphatic carbocycles. The van der Waals surface area contributed by atoms with Gasteiger partial charge in [0.2, 0.25) is 0 Å². The highest BCUT2D eigenvalue weighted by atomic mass is 19.3. The highest BCUT2D eigenvalue weighted by Gasteiger charge is 2.20. The maximum absolute atomic E-state index is 12.5. The van der Waals surface area contributed by atoms with Crippen molar-refractivity contribution in [1.82, 2.24) is 4.98 Å². The molecule has 0 amide bonds. The van der Waals surface area contributed by atoms with E-state index in [0.717, 1.165) is 13.2 Å². The smallest absolute Gasteiger partial charge is 0.357 e. The molecule has 1 heterocycles. The number of alkyl halides is 2. The Bertz CT molecular complexity index is 410. The number of halogens is 2. The summed E-state index contributed by atoms with van der Waals surface area (Å²) < 4.78 is 29.4. The number of rotatable bonds is 3. The maximum Gasteiger partial charge on any atom is 0.357 e. The van der Waals surface area contributed by atoms with Gasteiger partial charge in [0, 0.05) is 6.54 Å². The molecule has 7 heteroatoms. The molecule has 4 N–H and O–H groups in total. The summed E-state index contributed by atoms with van der Waals surface area (Å²) in [4.78, 5) is 14.8. The lowest BCUT2D eigenvalue weighted by molar-refractivity contribution is 0.0592. The normalized spacial score (nSPS) is 10.6. The minimum Gasteiger partial charge on any atom is -0.464 e. The van der Waals surface area contributed by atoms with Crippen molar-refractivity contribution in [2.75, 3.05) is 12.8 Å². The van der Waals surface area contributed by atoms with Crippen LogP contribution in [0.1, 0.15) is 28.0 Å². The third-order valence-corrected chi connectivity index (χ3v) is 2.00. The van der Waals surface area contributed by atoms with E-state index in [1.807, 2.05) is 0 Å². The first kappa shape index (κ1) is 12.3. The molecule has 0 aliphatic heterocycles. The second-order valence-corrected chi connectivity index (χ2v) is 2.97. The van der Waals surface area contributed by atoms with E-state index >= 15 is 0 Å². The zero-order valence-corrected chi connectivity index (χ0v) is 8.54. The minimum absolute atomic E-state index is 0.0998. The van der Waals surface area contributed by atoms with Gasteiger partial charge in [0.05, 0.1) is 12.7 Å². The van der Waals surface area contributed by atoms with Gasteiger partial charge in [-0.2, -0.15) is 0 Å². The van der Waals surface area contributed by atoms with Crippen molar-refractivity contribution in [1.29, 1.82) is 0 Å². The predicted molar refractivity (Wildman–Crippen MR) is 52.8 cm³/mol. The fraction of sp³-hybridized carbons (Fsp3) is 0.333. The summed E-state index contributed by atoms with van der Waals surface area (Å²) in [6.45, 7) is -0.0998. The first-order chi connectivity index (χ1) is 7.51. The molecule has 0 aliphatic rings. The molecular weight excluding hydrogens is 220 g/mol. The highest BCUT2D eigenvalue weighted by molar-refractivity contribution is 5.89. The fourth-order valence-corrected chi connectivity index (χ4v) is 1.19. The molecular formula is C9H11F2N3O2. The van der Waals surface area contributed by atoms with Crippen molar-refractivity contribution >= 4 is 11.8 Å². The molecule has 0 unspecified atom stereocenters. The van der Waals surface area contributed by atoms with Crippen LogP contribution in [0.3, 0.4) is 0 Å². The quantitative estimate of drug-likeness (QED) is 0.752. The van der Waals surface area contributed by atoms with Crippen LogP contribution in [0.5, 0.6) is 0 Å². The van der Waals surface area contributed by atoms with Crippen molar-refractivity contribution in [3.05, 3.63) is 22.9 Å². The molecule has 0 aromatic carbocycles. The summed E-state index contributed by atoms with van der Waals surface area (Å²) >= 11 is 0. The standard InChI is InChI=1S/C9H11F2N3O2/c1-16-9(15)6-4(3-12)2-5(7(10)11)8(13)14-6/h2,7H,3,12H2,1H3,(H2,13,14). The van der Waals surface area contributed by atoms with E-state index in [1.165, 1.54) is 0 Å². The summed E-state index contributed by atoms with van der Waals surface area (Å²) in [6.07, 6.45) is -2.76. The second-order valence-electron chi connectivity index (χ2n) is 2.97. The molecule has 0 spiro atoms. The summed E-state index contributed by atoms with van der Waals surface area (Å²) in [5.41, 5.74) is 10.2. The largest absolute Gasteiger partial charge is 0.464 e. The van der Waals surface area contributed by atoms with Crippen molar-refractivity contribution < 1.29 is 18.3 Å². The van der Waals surface area contributed by atoms with Gasteiger partial charge in [-0.15, -0.1) is 0 Å². The van der Waals surface area contributed by atoms with E-state index in [-0.39, 0.29) is 17.8 Å². The number of ether oxygens (including phenoxy) is 1. The van der Waals surface area contributed by atoms with E-state index in [2.05, 4.69) is 9.72 Å². The molecule has 0 saturated carbocycles. The van der Waals surface area contributed by atoms with Crippen molar-refractivity contribution in [2.45, 2.75) is 13.0 Å². The predicted octanol–water partition coefficient (Wildman–Crippen LogP) is 0.847. The molecule has 5 nitrogen and oxygen atoms in total. The SMILES string of the molecule is COC(=O)c1nc(N)c(C(F)F)cc1CN. The average molecular weight is 231 g/mol. The lowest BCUT2D eigenvalue weighted by Crippen LogP contribution is -2.14. The van der Waals surface area contributed by atoms with Gasteiger partial charge in [-0.25, -0.2) is 18.6 Å². The van der Waals surface area contributed by atoms with Gasteiger partial charge in [0.1, 0.15) is 5.82 Å². The number of pyridine rings is 1. The lowest BCUT2D eigenvalue weighted by Gasteiger charge is -2.10. The van der Waals surface area contributed by atoms with Gasteiger partial charge in [0.25, 0.3) is 6.43 Å². The van der Waals surface area contributed by atoms with Crippen LogP contribution in [0.25, 0.3) is 0 Å². The number of carbonyl (C=O) groups excluding carboxylic acids is 1. The van der Waals surface area contributed by atoms with Crippen LogP contribution >= 0.6 is 0 Å². The Balaban J connectivity index is 3.32. The number of nitrogens with zero attached hydrogens (tertiary/aromatic N) is 1. The van der Waals surface area contributed by atoms with Gasteiger partial charge in [-0.3, -0.25) is 0 Å². The highest BCUT2D eigenvalue weighted by Crippen LogP contribution is 2.25. The Hall–Kier alpha value is -1.76. The van der Waals surface area contributed by atoms with Crippen LogP contribution in [0, 0.1) is 0 Å². The van der Waals surface area contributed by atoms with Crippen LogP contribution in [0.4, 0.5) is 14.6 Å². The van der Waals surface area contributed by atoms with Crippen molar-refractivity contribution in [2.24, 2.45) is 5.73 Å². The number of hydrogen-bond acceptors (Lipinski definition) is 5. The van der Waals surface area contributed by atoms with E-state index in [1.54, 1.807) is 0 Å². The van der Waals surface area contributed by atoms with Crippen LogP contribution in [0.2, 0.25) is 0 Å². The molecule has 0 radical (unpaired) electrons. The Kier molecular flexibility index (Phi) is 3.73. The van der Waals surface area contributed by atoms with Gasteiger partial charge in [-0.05, 0) is 11.6 Å². The van der Waals surface area contributed by atoms with E-state index in [4.69, 9.17) is 11.5 Å². The zero-order valence-electron chi connectivity index (χ0n) is 8.54. The van der Waals surface area contributed by atoms with Gasteiger partial charge in [-0.1, -0.05) is 0 Å². The molecule has 0 atom stereocenters. The van der Waals surface area contributed by atoms with Crippen LogP contribution in [-0.2, 0) is 11.3 Å². The summed E-state index contributed by atoms with van der Waals surface area (Å²) in [7, 11) is 1.15. The van der Waals surface area contributed by atoms with Gasteiger partial charge >= 0.3 is 5.97 Å². The molecule has 1 rings (SSSR count).